The second kappa shape index (κ2) is 3.80. The minimum atomic E-state index is -0.272. The van der Waals surface area contributed by atoms with Crippen LogP contribution in [0.25, 0.3) is 5.65 Å². The predicted octanol–water partition coefficient (Wildman–Crippen LogP) is 0.714. The van der Waals surface area contributed by atoms with Gasteiger partial charge in [0, 0.05) is 12.6 Å². The standard InChI is InChI=1S/C10H13N5O/c1-6(2)5-11-8-4-9-13-14-10(16)15(9)7(3)12-8/h4,11H,1,5H2,2-3H3,(H,14,16). The van der Waals surface area contributed by atoms with E-state index < -0.39 is 0 Å². The Labute approximate surface area is 92.0 Å². The van der Waals surface area contributed by atoms with Crippen LogP contribution in [0.1, 0.15) is 12.7 Å². The third-order valence-corrected chi connectivity index (χ3v) is 2.14. The van der Waals surface area contributed by atoms with Gasteiger partial charge in [-0.15, -0.1) is 0 Å². The average molecular weight is 219 g/mol. The van der Waals surface area contributed by atoms with Crippen molar-refractivity contribution in [3.8, 4) is 0 Å². The van der Waals surface area contributed by atoms with Gasteiger partial charge in [0.1, 0.15) is 11.6 Å². The summed E-state index contributed by atoms with van der Waals surface area (Å²) in [4.78, 5) is 15.6. The van der Waals surface area contributed by atoms with Crippen LogP contribution in [-0.2, 0) is 0 Å². The highest BCUT2D eigenvalue weighted by molar-refractivity contribution is 5.50. The molecule has 0 saturated carbocycles. The molecule has 0 aliphatic carbocycles. The van der Waals surface area contributed by atoms with Crippen LogP contribution in [0.2, 0.25) is 0 Å². The van der Waals surface area contributed by atoms with Gasteiger partial charge < -0.3 is 5.32 Å². The van der Waals surface area contributed by atoms with Crippen molar-refractivity contribution in [3.63, 3.8) is 0 Å². The zero-order valence-corrected chi connectivity index (χ0v) is 9.24. The molecular formula is C10H13N5O. The predicted molar refractivity (Wildman–Crippen MR) is 61.6 cm³/mol. The Morgan fingerprint density at radius 1 is 1.69 bits per heavy atom. The van der Waals surface area contributed by atoms with Crippen LogP contribution in [0, 0.1) is 6.92 Å². The van der Waals surface area contributed by atoms with E-state index in [2.05, 4.69) is 27.1 Å². The van der Waals surface area contributed by atoms with Gasteiger partial charge in [-0.2, -0.15) is 5.10 Å². The number of H-pyrrole nitrogens is 1. The first-order valence-electron chi connectivity index (χ1n) is 4.91. The fraction of sp³-hybridized carbons (Fsp3) is 0.300. The minimum Gasteiger partial charge on any atom is -0.366 e. The lowest BCUT2D eigenvalue weighted by molar-refractivity contribution is 0.934. The highest BCUT2D eigenvalue weighted by atomic mass is 16.1. The lowest BCUT2D eigenvalue weighted by Crippen LogP contribution is -2.14. The van der Waals surface area contributed by atoms with Crippen LogP contribution < -0.4 is 11.0 Å². The molecule has 2 rings (SSSR count). The first kappa shape index (κ1) is 10.4. The maximum atomic E-state index is 11.3. The van der Waals surface area contributed by atoms with E-state index in [0.29, 0.717) is 23.8 Å². The number of aryl methyl sites for hydroxylation is 1. The number of rotatable bonds is 3. The van der Waals surface area contributed by atoms with Crippen LogP contribution >= 0.6 is 0 Å². The summed E-state index contributed by atoms with van der Waals surface area (Å²) >= 11 is 0. The molecule has 0 aromatic carbocycles. The first-order chi connectivity index (χ1) is 7.58. The fourth-order valence-electron chi connectivity index (χ4n) is 1.43. The van der Waals surface area contributed by atoms with Crippen LogP contribution in [0.5, 0.6) is 0 Å². The molecule has 6 heteroatoms. The topological polar surface area (TPSA) is 75.1 Å². The largest absolute Gasteiger partial charge is 0.366 e. The van der Waals surface area contributed by atoms with Crippen molar-refractivity contribution in [1.82, 2.24) is 19.6 Å². The van der Waals surface area contributed by atoms with E-state index in [-0.39, 0.29) is 5.69 Å². The SMILES string of the molecule is C=C(C)CNc1cc2n[nH]c(=O)n2c(C)n1. The number of hydrogen-bond donors (Lipinski definition) is 2. The van der Waals surface area contributed by atoms with Gasteiger partial charge in [-0.1, -0.05) is 12.2 Å². The quantitative estimate of drug-likeness (QED) is 0.746. The van der Waals surface area contributed by atoms with E-state index in [9.17, 15) is 4.79 Å². The van der Waals surface area contributed by atoms with Gasteiger partial charge in [-0.25, -0.2) is 19.3 Å². The molecule has 0 bridgehead atoms. The molecule has 2 heterocycles. The van der Waals surface area contributed by atoms with Crippen LogP contribution in [0.3, 0.4) is 0 Å². The molecule has 0 aliphatic heterocycles. The zero-order chi connectivity index (χ0) is 11.7. The Balaban J connectivity index is 2.42. The molecule has 2 aromatic rings. The summed E-state index contributed by atoms with van der Waals surface area (Å²) in [5.41, 5.74) is 1.30. The molecule has 2 aromatic heterocycles. The van der Waals surface area contributed by atoms with Crippen molar-refractivity contribution in [1.29, 1.82) is 0 Å². The van der Waals surface area contributed by atoms with E-state index >= 15 is 0 Å². The van der Waals surface area contributed by atoms with Crippen LogP contribution in [0.15, 0.2) is 23.0 Å². The summed E-state index contributed by atoms with van der Waals surface area (Å²) in [7, 11) is 0. The third kappa shape index (κ3) is 1.81. The highest BCUT2D eigenvalue weighted by Gasteiger charge is 2.06. The number of aromatic amines is 1. The van der Waals surface area contributed by atoms with E-state index in [4.69, 9.17) is 0 Å². The Bertz CT molecular complexity index is 595. The summed E-state index contributed by atoms with van der Waals surface area (Å²) in [5.74, 6) is 1.28. The minimum absolute atomic E-state index is 0.272. The molecular weight excluding hydrogens is 206 g/mol. The number of fused-ring (bicyclic) bond motifs is 1. The fourth-order valence-corrected chi connectivity index (χ4v) is 1.43. The van der Waals surface area contributed by atoms with E-state index in [0.717, 1.165) is 5.57 Å². The Kier molecular flexibility index (Phi) is 2.47. The van der Waals surface area contributed by atoms with Crippen molar-refractivity contribution >= 4 is 11.5 Å². The van der Waals surface area contributed by atoms with E-state index in [1.165, 1.54) is 4.40 Å². The number of aromatic nitrogens is 4. The number of nitrogens with zero attached hydrogens (tertiary/aromatic N) is 3. The Hall–Kier alpha value is -2.11. The summed E-state index contributed by atoms with van der Waals surface area (Å²) < 4.78 is 1.42. The van der Waals surface area contributed by atoms with E-state index in [1.54, 1.807) is 13.0 Å². The van der Waals surface area contributed by atoms with Gasteiger partial charge in [0.2, 0.25) is 0 Å². The van der Waals surface area contributed by atoms with Crippen molar-refractivity contribution in [2.45, 2.75) is 13.8 Å². The second-order valence-electron chi connectivity index (χ2n) is 3.72. The summed E-state index contributed by atoms with van der Waals surface area (Å²) in [5, 5.41) is 9.38. The van der Waals surface area contributed by atoms with Gasteiger partial charge >= 0.3 is 5.69 Å². The highest BCUT2D eigenvalue weighted by Crippen LogP contribution is 2.07. The van der Waals surface area contributed by atoms with Gasteiger partial charge in [0.15, 0.2) is 5.65 Å². The molecule has 16 heavy (non-hydrogen) atoms. The van der Waals surface area contributed by atoms with Crippen molar-refractivity contribution in [2.24, 2.45) is 0 Å². The first-order valence-corrected chi connectivity index (χ1v) is 4.91. The third-order valence-electron chi connectivity index (χ3n) is 2.14. The molecule has 6 nitrogen and oxygen atoms in total. The molecule has 0 atom stereocenters. The summed E-state index contributed by atoms with van der Waals surface area (Å²) in [6.45, 7) is 8.13. The summed E-state index contributed by atoms with van der Waals surface area (Å²) in [6, 6.07) is 1.72. The van der Waals surface area contributed by atoms with Gasteiger partial charge in [0.05, 0.1) is 0 Å². The van der Waals surface area contributed by atoms with Gasteiger partial charge in [0.25, 0.3) is 0 Å². The van der Waals surface area contributed by atoms with Crippen molar-refractivity contribution < 1.29 is 0 Å². The second-order valence-corrected chi connectivity index (χ2v) is 3.72. The normalized spacial score (nSPS) is 10.6. The molecule has 0 fully saturated rings. The smallest absolute Gasteiger partial charge is 0.349 e. The number of anilines is 1. The van der Waals surface area contributed by atoms with Crippen molar-refractivity contribution in [2.75, 3.05) is 11.9 Å². The molecule has 0 unspecified atom stereocenters. The maximum Gasteiger partial charge on any atom is 0.349 e. The molecule has 0 aliphatic rings. The maximum absolute atomic E-state index is 11.3. The monoisotopic (exact) mass is 219 g/mol. The lowest BCUT2D eigenvalue weighted by Gasteiger charge is -2.06. The number of hydrogen-bond acceptors (Lipinski definition) is 4. The Morgan fingerprint density at radius 3 is 3.12 bits per heavy atom. The zero-order valence-electron chi connectivity index (χ0n) is 9.24. The van der Waals surface area contributed by atoms with Gasteiger partial charge in [-0.05, 0) is 13.8 Å². The molecule has 0 saturated heterocycles. The Morgan fingerprint density at radius 2 is 2.44 bits per heavy atom. The van der Waals surface area contributed by atoms with Crippen LogP contribution in [-0.4, -0.2) is 26.1 Å². The summed E-state index contributed by atoms with van der Waals surface area (Å²) in [6.07, 6.45) is 0. The lowest BCUT2D eigenvalue weighted by atomic mass is 10.3. The van der Waals surface area contributed by atoms with Crippen molar-refractivity contribution in [3.05, 3.63) is 34.5 Å². The van der Waals surface area contributed by atoms with Gasteiger partial charge in [-0.3, -0.25) is 0 Å². The average Bonchev–Trinajstić information content (AvgIpc) is 2.58. The van der Waals surface area contributed by atoms with Crippen LogP contribution in [0.4, 0.5) is 5.82 Å². The molecule has 0 spiro atoms. The molecule has 0 amide bonds. The molecule has 2 N–H and O–H groups in total. The number of nitrogens with one attached hydrogen (secondary N) is 2. The molecule has 0 radical (unpaired) electrons. The van der Waals surface area contributed by atoms with E-state index in [1.807, 2.05) is 6.92 Å². The molecule has 84 valence electrons.